The molecular formula is C7H18BNO2. The van der Waals surface area contributed by atoms with E-state index < -0.39 is 7.12 Å². The molecule has 0 aromatic carbocycles. The van der Waals surface area contributed by atoms with Crippen molar-refractivity contribution in [2.24, 2.45) is 5.73 Å². The topological polar surface area (TPSA) is 66.5 Å². The van der Waals surface area contributed by atoms with E-state index in [9.17, 15) is 0 Å². The largest absolute Gasteiger partial charge is 0.451 e. The summed E-state index contributed by atoms with van der Waals surface area (Å²) < 4.78 is 0. The molecule has 0 bridgehead atoms. The number of nitrogens with two attached hydrogens (primary N) is 1. The fraction of sp³-hybridized carbons (Fsp3) is 1.00. The molecule has 0 saturated heterocycles. The first-order valence-electron chi connectivity index (χ1n) is 4.28. The summed E-state index contributed by atoms with van der Waals surface area (Å²) in [4.78, 5) is 0. The van der Waals surface area contributed by atoms with Crippen molar-refractivity contribution in [3.05, 3.63) is 0 Å². The van der Waals surface area contributed by atoms with E-state index in [1.165, 1.54) is 0 Å². The Bertz CT molecular complexity index is 90.5. The second-order valence-electron chi connectivity index (χ2n) is 2.93. The zero-order valence-corrected chi connectivity index (χ0v) is 7.16. The van der Waals surface area contributed by atoms with Crippen LogP contribution in [0, 0.1) is 0 Å². The van der Waals surface area contributed by atoms with Crippen LogP contribution in [0.15, 0.2) is 0 Å². The van der Waals surface area contributed by atoms with Crippen molar-refractivity contribution in [2.75, 3.05) is 0 Å². The zero-order valence-electron chi connectivity index (χ0n) is 7.16. The van der Waals surface area contributed by atoms with E-state index in [2.05, 4.69) is 6.92 Å². The van der Waals surface area contributed by atoms with Crippen LogP contribution in [0.4, 0.5) is 0 Å². The number of unbranched alkanes of at least 4 members (excludes halogenated alkanes) is 1. The fourth-order valence-electron chi connectivity index (χ4n) is 0.938. The average molecular weight is 159 g/mol. The first-order valence-corrected chi connectivity index (χ1v) is 4.28. The predicted molar refractivity (Wildman–Crippen MR) is 47.1 cm³/mol. The van der Waals surface area contributed by atoms with Gasteiger partial charge in [0.2, 0.25) is 0 Å². The van der Waals surface area contributed by atoms with E-state index in [4.69, 9.17) is 15.8 Å². The van der Waals surface area contributed by atoms with E-state index in [1.807, 2.05) is 0 Å². The summed E-state index contributed by atoms with van der Waals surface area (Å²) in [7, 11) is -1.15. The first kappa shape index (κ1) is 10.9. The molecule has 0 unspecified atom stereocenters. The molecule has 66 valence electrons. The molecule has 0 aromatic heterocycles. The Labute approximate surface area is 68.7 Å². The Kier molecular flexibility index (Phi) is 6.61. The highest BCUT2D eigenvalue weighted by Crippen LogP contribution is 2.05. The summed E-state index contributed by atoms with van der Waals surface area (Å²) in [5.74, 6) is 0. The van der Waals surface area contributed by atoms with Gasteiger partial charge in [-0.05, 0) is 19.2 Å². The lowest BCUT2D eigenvalue weighted by atomic mass is 9.83. The van der Waals surface area contributed by atoms with Gasteiger partial charge < -0.3 is 15.8 Å². The summed E-state index contributed by atoms with van der Waals surface area (Å²) >= 11 is 0. The van der Waals surface area contributed by atoms with Crippen molar-refractivity contribution in [2.45, 2.75) is 45.0 Å². The van der Waals surface area contributed by atoms with Crippen LogP contribution in [-0.2, 0) is 0 Å². The summed E-state index contributed by atoms with van der Waals surface area (Å²) in [6.07, 6.45) is 4.30. The average Bonchev–Trinajstić information content (AvgIpc) is 1.97. The Balaban J connectivity index is 3.01. The van der Waals surface area contributed by atoms with Crippen molar-refractivity contribution < 1.29 is 10.0 Å². The minimum Gasteiger partial charge on any atom is -0.427 e. The minimum atomic E-state index is -1.15. The third kappa shape index (κ3) is 7.85. The maximum Gasteiger partial charge on any atom is 0.451 e. The quantitative estimate of drug-likeness (QED) is 0.387. The lowest BCUT2D eigenvalue weighted by Crippen LogP contribution is -2.18. The van der Waals surface area contributed by atoms with Crippen molar-refractivity contribution in [3.8, 4) is 0 Å². The molecule has 0 aromatic rings. The molecule has 1 atom stereocenters. The van der Waals surface area contributed by atoms with E-state index in [0.717, 1.165) is 25.7 Å². The van der Waals surface area contributed by atoms with Gasteiger partial charge >= 0.3 is 7.12 Å². The van der Waals surface area contributed by atoms with Gasteiger partial charge in [0, 0.05) is 6.04 Å². The third-order valence-corrected chi connectivity index (χ3v) is 1.81. The van der Waals surface area contributed by atoms with Crippen molar-refractivity contribution in [3.63, 3.8) is 0 Å². The van der Waals surface area contributed by atoms with Crippen molar-refractivity contribution in [1.82, 2.24) is 0 Å². The van der Waals surface area contributed by atoms with E-state index in [0.29, 0.717) is 6.32 Å². The minimum absolute atomic E-state index is 0.283. The molecule has 0 saturated carbocycles. The van der Waals surface area contributed by atoms with Crippen LogP contribution in [0.2, 0.25) is 6.32 Å². The Hall–Kier alpha value is -0.0551. The number of rotatable bonds is 6. The van der Waals surface area contributed by atoms with Gasteiger partial charge in [-0.15, -0.1) is 0 Å². The second-order valence-corrected chi connectivity index (χ2v) is 2.93. The summed E-state index contributed by atoms with van der Waals surface area (Å²) in [6, 6.07) is 0.283. The Morgan fingerprint density at radius 1 is 1.36 bits per heavy atom. The van der Waals surface area contributed by atoms with Crippen LogP contribution in [0.3, 0.4) is 0 Å². The van der Waals surface area contributed by atoms with Crippen LogP contribution < -0.4 is 5.73 Å². The molecule has 0 rings (SSSR count). The molecule has 4 heteroatoms. The smallest absolute Gasteiger partial charge is 0.427 e. The van der Waals surface area contributed by atoms with Gasteiger partial charge in [0.15, 0.2) is 0 Å². The molecule has 3 nitrogen and oxygen atoms in total. The van der Waals surface area contributed by atoms with Crippen molar-refractivity contribution >= 4 is 7.12 Å². The van der Waals surface area contributed by atoms with Crippen LogP contribution >= 0.6 is 0 Å². The van der Waals surface area contributed by atoms with Crippen LogP contribution in [-0.4, -0.2) is 23.2 Å². The van der Waals surface area contributed by atoms with Gasteiger partial charge in [0.25, 0.3) is 0 Å². The normalized spacial score (nSPS) is 13.1. The highest BCUT2D eigenvalue weighted by Gasteiger charge is 2.05. The first-order chi connectivity index (χ1) is 5.16. The maximum absolute atomic E-state index is 8.50. The van der Waals surface area contributed by atoms with Gasteiger partial charge in [-0.25, -0.2) is 0 Å². The maximum atomic E-state index is 8.50. The molecular weight excluding hydrogens is 141 g/mol. The zero-order chi connectivity index (χ0) is 8.69. The molecule has 0 aliphatic heterocycles. The summed E-state index contributed by atoms with van der Waals surface area (Å²) in [6.45, 7) is 2.06. The van der Waals surface area contributed by atoms with E-state index in [-0.39, 0.29) is 6.04 Å². The summed E-state index contributed by atoms with van der Waals surface area (Å²) in [5, 5.41) is 17.0. The van der Waals surface area contributed by atoms with Gasteiger partial charge in [-0.1, -0.05) is 19.8 Å². The van der Waals surface area contributed by atoms with Crippen LogP contribution in [0.1, 0.15) is 32.6 Å². The predicted octanol–water partition coefficient (Wildman–Crippen LogP) is 0.367. The van der Waals surface area contributed by atoms with Gasteiger partial charge in [0.05, 0.1) is 0 Å². The third-order valence-electron chi connectivity index (χ3n) is 1.81. The standard InChI is InChI=1S/C7H18BNO2/c1-2-7(9)5-3-4-6-8(10)11/h7,10-11H,2-6,9H2,1H3/t7-/m1/s1. The van der Waals surface area contributed by atoms with E-state index >= 15 is 0 Å². The van der Waals surface area contributed by atoms with Crippen LogP contribution in [0.5, 0.6) is 0 Å². The van der Waals surface area contributed by atoms with Gasteiger partial charge in [-0.3, -0.25) is 0 Å². The molecule has 0 aliphatic rings. The number of hydrogen-bond acceptors (Lipinski definition) is 3. The highest BCUT2D eigenvalue weighted by atomic mass is 16.4. The summed E-state index contributed by atoms with van der Waals surface area (Å²) in [5.41, 5.74) is 5.66. The molecule has 0 aliphatic carbocycles. The van der Waals surface area contributed by atoms with Crippen LogP contribution in [0.25, 0.3) is 0 Å². The molecule has 0 spiro atoms. The lowest BCUT2D eigenvalue weighted by Gasteiger charge is -2.06. The molecule has 4 N–H and O–H groups in total. The molecule has 0 radical (unpaired) electrons. The molecule has 0 heterocycles. The lowest BCUT2D eigenvalue weighted by molar-refractivity contribution is 0.400. The molecule has 0 amide bonds. The van der Waals surface area contributed by atoms with E-state index in [1.54, 1.807) is 0 Å². The van der Waals surface area contributed by atoms with Gasteiger partial charge in [0.1, 0.15) is 0 Å². The Morgan fingerprint density at radius 3 is 2.45 bits per heavy atom. The number of hydrogen-bond donors (Lipinski definition) is 3. The monoisotopic (exact) mass is 159 g/mol. The SMILES string of the molecule is CC[C@@H](N)CCCCB(O)O. The fourth-order valence-corrected chi connectivity index (χ4v) is 0.938. The van der Waals surface area contributed by atoms with Gasteiger partial charge in [-0.2, -0.15) is 0 Å². The highest BCUT2D eigenvalue weighted by molar-refractivity contribution is 6.40. The Morgan fingerprint density at radius 2 is 2.00 bits per heavy atom. The molecule has 11 heavy (non-hydrogen) atoms. The van der Waals surface area contributed by atoms with Crippen molar-refractivity contribution in [1.29, 1.82) is 0 Å². The molecule has 0 fully saturated rings. The second kappa shape index (κ2) is 6.64.